The average Bonchev–Trinajstić information content (AvgIpc) is 2.45. The molecule has 0 bridgehead atoms. The van der Waals surface area contributed by atoms with E-state index >= 15 is 0 Å². The summed E-state index contributed by atoms with van der Waals surface area (Å²) in [4.78, 5) is 3.23. The summed E-state index contributed by atoms with van der Waals surface area (Å²) in [5.74, 6) is 0. The third kappa shape index (κ3) is 1.33. The zero-order valence-corrected chi connectivity index (χ0v) is 9.14. The summed E-state index contributed by atoms with van der Waals surface area (Å²) in [6.07, 6.45) is 3.52. The minimum atomic E-state index is -1.10. The van der Waals surface area contributed by atoms with Crippen LogP contribution in [0.1, 0.15) is 11.3 Å². The maximum Gasteiger partial charge on any atom is 0.180 e. The molecular formula is C11H15N3O. The minimum Gasteiger partial charge on any atom is -0.359 e. The van der Waals surface area contributed by atoms with E-state index in [0.29, 0.717) is 0 Å². The van der Waals surface area contributed by atoms with Gasteiger partial charge in [0.15, 0.2) is 5.72 Å². The van der Waals surface area contributed by atoms with Gasteiger partial charge >= 0.3 is 0 Å². The summed E-state index contributed by atoms with van der Waals surface area (Å²) in [5.41, 5.74) is 7.35. The molecule has 1 heterocycles. The molecule has 0 fully saturated rings. The Morgan fingerprint density at radius 2 is 2.13 bits per heavy atom. The molecule has 15 heavy (non-hydrogen) atoms. The van der Waals surface area contributed by atoms with Crippen molar-refractivity contribution in [2.75, 3.05) is 7.11 Å². The van der Waals surface area contributed by atoms with Gasteiger partial charge in [-0.15, -0.1) is 0 Å². The molecule has 0 radical (unpaired) electrons. The molecular weight excluding hydrogens is 190 g/mol. The number of methoxy groups -OCH3 is 1. The average molecular weight is 205 g/mol. The van der Waals surface area contributed by atoms with Gasteiger partial charge in [0.05, 0.1) is 5.71 Å². The van der Waals surface area contributed by atoms with E-state index in [2.05, 4.69) is 4.98 Å². The van der Waals surface area contributed by atoms with Gasteiger partial charge in [-0.25, -0.2) is 0 Å². The number of nitrogens with one attached hydrogen (secondary N) is 2. The van der Waals surface area contributed by atoms with Crippen LogP contribution in [0, 0.1) is 19.3 Å². The van der Waals surface area contributed by atoms with E-state index in [1.165, 1.54) is 7.11 Å². The number of fused-ring (bicyclic) bond motifs is 1. The molecule has 4 nitrogen and oxygen atoms in total. The number of hydrogen-bond acceptors (Lipinski definition) is 3. The molecule has 0 saturated carbocycles. The lowest BCUT2D eigenvalue weighted by molar-refractivity contribution is 0.110. The fourth-order valence-electron chi connectivity index (χ4n) is 1.79. The first-order chi connectivity index (χ1) is 6.98. The van der Waals surface area contributed by atoms with Crippen molar-refractivity contribution in [1.82, 2.24) is 4.98 Å². The zero-order chi connectivity index (χ0) is 11.2. The van der Waals surface area contributed by atoms with Gasteiger partial charge in [-0.05, 0) is 31.6 Å². The summed E-state index contributed by atoms with van der Waals surface area (Å²) in [6.45, 7) is 4.03. The van der Waals surface area contributed by atoms with Crippen LogP contribution in [0.15, 0.2) is 0 Å². The van der Waals surface area contributed by atoms with Crippen molar-refractivity contribution in [1.29, 1.82) is 5.41 Å². The first-order valence-corrected chi connectivity index (χ1v) is 4.81. The van der Waals surface area contributed by atoms with E-state index in [4.69, 9.17) is 15.9 Å². The summed E-state index contributed by atoms with van der Waals surface area (Å²) in [5, 5.41) is 9.80. The van der Waals surface area contributed by atoms with E-state index in [0.717, 1.165) is 21.8 Å². The number of aromatic nitrogens is 1. The van der Waals surface area contributed by atoms with Crippen molar-refractivity contribution < 1.29 is 4.74 Å². The number of nitrogens with two attached hydrogens (primary N) is 1. The Morgan fingerprint density at radius 3 is 2.73 bits per heavy atom. The SMILES string of the molecule is COC1(N)C=c2[nH]c(C)c(C)c2=CC1=N. The molecule has 0 aliphatic heterocycles. The quantitative estimate of drug-likeness (QED) is 0.542. The number of rotatable bonds is 1. The molecule has 1 unspecified atom stereocenters. The van der Waals surface area contributed by atoms with Crippen LogP contribution in [0.4, 0.5) is 0 Å². The van der Waals surface area contributed by atoms with Crippen molar-refractivity contribution in [3.8, 4) is 0 Å². The first-order valence-electron chi connectivity index (χ1n) is 4.81. The Kier molecular flexibility index (Phi) is 2.06. The third-order valence-corrected chi connectivity index (χ3v) is 2.99. The molecule has 2 rings (SSSR count). The lowest BCUT2D eigenvalue weighted by atomic mass is 10.0. The predicted octanol–water partition coefficient (Wildman–Crippen LogP) is -0.473. The molecule has 1 aliphatic rings. The second-order valence-electron chi connectivity index (χ2n) is 3.90. The highest BCUT2D eigenvalue weighted by atomic mass is 16.5. The topological polar surface area (TPSA) is 74.9 Å². The number of H-pyrrole nitrogens is 1. The lowest BCUT2D eigenvalue weighted by Crippen LogP contribution is -2.52. The standard InChI is InChI=1S/C11H15N3O/c1-6-7(2)14-9-5-11(13,15-3)10(12)4-8(6)9/h4-5,12,14H,13H2,1-3H3. The number of ether oxygens (including phenoxy) is 1. The van der Waals surface area contributed by atoms with Crippen molar-refractivity contribution in [2.45, 2.75) is 19.6 Å². The van der Waals surface area contributed by atoms with Gasteiger partial charge in [0.2, 0.25) is 0 Å². The Hall–Kier alpha value is -1.39. The van der Waals surface area contributed by atoms with Gasteiger partial charge < -0.3 is 15.1 Å². The molecule has 1 aromatic rings. The van der Waals surface area contributed by atoms with Crippen molar-refractivity contribution >= 4 is 17.9 Å². The van der Waals surface area contributed by atoms with Crippen LogP contribution in [-0.4, -0.2) is 23.5 Å². The number of hydrogen-bond donors (Lipinski definition) is 3. The fraction of sp³-hybridized carbons (Fsp3) is 0.364. The van der Waals surface area contributed by atoms with Gasteiger partial charge in [-0.1, -0.05) is 0 Å². The van der Waals surface area contributed by atoms with Gasteiger partial charge in [0, 0.05) is 23.4 Å². The number of aromatic amines is 1. The smallest absolute Gasteiger partial charge is 0.180 e. The van der Waals surface area contributed by atoms with Gasteiger partial charge in [0.1, 0.15) is 0 Å². The first kappa shape index (κ1) is 10.1. The van der Waals surface area contributed by atoms with E-state index in [1.54, 1.807) is 12.2 Å². The van der Waals surface area contributed by atoms with Crippen LogP contribution < -0.4 is 16.3 Å². The Morgan fingerprint density at radius 1 is 1.47 bits per heavy atom. The van der Waals surface area contributed by atoms with Crippen molar-refractivity contribution in [3.05, 3.63) is 21.8 Å². The highest BCUT2D eigenvalue weighted by Crippen LogP contribution is 2.09. The van der Waals surface area contributed by atoms with Crippen LogP contribution in [0.25, 0.3) is 12.2 Å². The molecule has 1 aliphatic carbocycles. The molecule has 4 heteroatoms. The van der Waals surface area contributed by atoms with Crippen molar-refractivity contribution in [3.63, 3.8) is 0 Å². The van der Waals surface area contributed by atoms with Crippen LogP contribution in [0.2, 0.25) is 0 Å². The maximum atomic E-state index is 7.83. The maximum absolute atomic E-state index is 7.83. The van der Waals surface area contributed by atoms with Crippen LogP contribution >= 0.6 is 0 Å². The normalized spacial score (nSPS) is 24.4. The predicted molar refractivity (Wildman–Crippen MR) is 60.1 cm³/mol. The molecule has 0 amide bonds. The molecule has 0 spiro atoms. The third-order valence-electron chi connectivity index (χ3n) is 2.99. The van der Waals surface area contributed by atoms with Crippen LogP contribution in [-0.2, 0) is 4.74 Å². The Labute approximate surface area is 87.9 Å². The van der Waals surface area contributed by atoms with Crippen molar-refractivity contribution in [2.24, 2.45) is 5.73 Å². The fourth-order valence-corrected chi connectivity index (χ4v) is 1.79. The molecule has 0 aromatic carbocycles. The Balaban J connectivity index is 2.79. The molecule has 4 N–H and O–H groups in total. The van der Waals surface area contributed by atoms with Gasteiger partial charge in [-0.3, -0.25) is 5.73 Å². The van der Waals surface area contributed by atoms with E-state index < -0.39 is 5.72 Å². The lowest BCUT2D eigenvalue weighted by Gasteiger charge is -2.24. The molecule has 1 aromatic heterocycles. The van der Waals surface area contributed by atoms with E-state index in [1.807, 2.05) is 13.8 Å². The summed E-state index contributed by atoms with van der Waals surface area (Å²) in [7, 11) is 1.51. The van der Waals surface area contributed by atoms with E-state index in [9.17, 15) is 0 Å². The van der Waals surface area contributed by atoms with E-state index in [-0.39, 0.29) is 5.71 Å². The monoisotopic (exact) mass is 205 g/mol. The second-order valence-corrected chi connectivity index (χ2v) is 3.90. The summed E-state index contributed by atoms with van der Waals surface area (Å²) >= 11 is 0. The highest BCUT2D eigenvalue weighted by Gasteiger charge is 2.28. The highest BCUT2D eigenvalue weighted by molar-refractivity contribution is 6.17. The molecule has 80 valence electrons. The number of aryl methyl sites for hydroxylation is 1. The minimum absolute atomic E-state index is 0.277. The van der Waals surface area contributed by atoms with Gasteiger partial charge in [-0.2, -0.15) is 0 Å². The zero-order valence-electron chi connectivity index (χ0n) is 9.14. The van der Waals surface area contributed by atoms with Gasteiger partial charge in [0.25, 0.3) is 0 Å². The summed E-state index contributed by atoms with van der Waals surface area (Å²) in [6, 6.07) is 0. The van der Waals surface area contributed by atoms with Crippen LogP contribution in [0.3, 0.4) is 0 Å². The van der Waals surface area contributed by atoms with Crippen LogP contribution in [0.5, 0.6) is 0 Å². The molecule has 0 saturated heterocycles. The Bertz CT molecular complexity index is 541. The largest absolute Gasteiger partial charge is 0.359 e. The summed E-state index contributed by atoms with van der Waals surface area (Å²) < 4.78 is 5.14. The molecule has 1 atom stereocenters. The second kappa shape index (κ2) is 3.05.